The number of halogens is 1. The Kier molecular flexibility index (Phi) is 2.86. The largest absolute Gasteiger partial charge is 0.492 e. The molecule has 59 valence electrons. The standard InChI is InChI=1S/C8H9FNO/c9-7-1-3-8(4-2-7)11-6-5-10/h1-3H,5-6,10H2. The molecule has 0 amide bonds. The fourth-order valence-electron chi connectivity index (χ4n) is 0.650. The third-order valence-electron chi connectivity index (χ3n) is 1.12. The highest BCUT2D eigenvalue weighted by molar-refractivity contribution is 5.20. The summed E-state index contributed by atoms with van der Waals surface area (Å²) in [6.07, 6.45) is 0. The molecule has 2 N–H and O–H groups in total. The lowest BCUT2D eigenvalue weighted by molar-refractivity contribution is 0.327. The Morgan fingerprint density at radius 2 is 2.36 bits per heavy atom. The molecule has 1 radical (unpaired) electrons. The van der Waals surface area contributed by atoms with E-state index in [-0.39, 0.29) is 5.82 Å². The number of rotatable bonds is 3. The molecule has 1 aromatic carbocycles. The number of benzene rings is 1. The minimum Gasteiger partial charge on any atom is -0.492 e. The molecule has 1 rings (SSSR count). The van der Waals surface area contributed by atoms with Crippen LogP contribution in [0.1, 0.15) is 0 Å². The Balaban J connectivity index is 2.52. The molecule has 0 saturated carbocycles. The van der Waals surface area contributed by atoms with E-state index in [4.69, 9.17) is 10.5 Å². The van der Waals surface area contributed by atoms with Crippen LogP contribution >= 0.6 is 0 Å². The molecule has 0 bridgehead atoms. The van der Waals surface area contributed by atoms with Gasteiger partial charge in [0.25, 0.3) is 0 Å². The molecule has 2 nitrogen and oxygen atoms in total. The monoisotopic (exact) mass is 154 g/mol. The lowest BCUT2D eigenvalue weighted by Crippen LogP contribution is -2.10. The number of ether oxygens (including phenoxy) is 1. The fraction of sp³-hybridized carbons (Fsp3) is 0.250. The lowest BCUT2D eigenvalue weighted by atomic mass is 10.3. The summed E-state index contributed by atoms with van der Waals surface area (Å²) in [5, 5.41) is 0. The van der Waals surface area contributed by atoms with Crippen molar-refractivity contribution in [2.45, 2.75) is 0 Å². The van der Waals surface area contributed by atoms with E-state index in [1.807, 2.05) is 0 Å². The summed E-state index contributed by atoms with van der Waals surface area (Å²) in [6, 6.07) is 6.69. The molecule has 0 aromatic heterocycles. The van der Waals surface area contributed by atoms with E-state index in [1.54, 1.807) is 0 Å². The number of nitrogens with two attached hydrogens (primary N) is 1. The van der Waals surface area contributed by atoms with Gasteiger partial charge in [0.2, 0.25) is 0 Å². The fourth-order valence-corrected chi connectivity index (χ4v) is 0.650. The zero-order valence-corrected chi connectivity index (χ0v) is 6.01. The molecule has 0 unspecified atom stereocenters. The first kappa shape index (κ1) is 8.01. The van der Waals surface area contributed by atoms with Crippen LogP contribution in [0.3, 0.4) is 0 Å². The number of hydrogen-bond acceptors (Lipinski definition) is 2. The van der Waals surface area contributed by atoms with E-state index in [2.05, 4.69) is 6.07 Å². The highest BCUT2D eigenvalue weighted by atomic mass is 19.1. The molecule has 0 aliphatic carbocycles. The third kappa shape index (κ3) is 2.55. The van der Waals surface area contributed by atoms with Crippen LogP contribution in [0, 0.1) is 11.9 Å². The zero-order chi connectivity index (χ0) is 8.10. The molecule has 0 spiro atoms. The van der Waals surface area contributed by atoms with Crippen molar-refractivity contribution in [2.24, 2.45) is 5.73 Å². The maximum Gasteiger partial charge on any atom is 0.127 e. The summed E-state index contributed by atoms with van der Waals surface area (Å²) in [5.74, 6) is 0.210. The lowest BCUT2D eigenvalue weighted by Gasteiger charge is -2.01. The Morgan fingerprint density at radius 3 is 2.91 bits per heavy atom. The predicted octanol–water partition coefficient (Wildman–Crippen LogP) is 0.963. The van der Waals surface area contributed by atoms with E-state index in [0.29, 0.717) is 18.9 Å². The van der Waals surface area contributed by atoms with Crippen LogP contribution < -0.4 is 10.5 Å². The minimum atomic E-state index is -0.315. The molecule has 0 saturated heterocycles. The topological polar surface area (TPSA) is 35.2 Å². The van der Waals surface area contributed by atoms with Crippen LogP contribution in [-0.2, 0) is 0 Å². The van der Waals surface area contributed by atoms with Gasteiger partial charge in [-0.2, -0.15) is 0 Å². The van der Waals surface area contributed by atoms with Crippen molar-refractivity contribution < 1.29 is 9.13 Å². The van der Waals surface area contributed by atoms with Crippen molar-refractivity contribution in [1.29, 1.82) is 0 Å². The van der Waals surface area contributed by atoms with Gasteiger partial charge in [0, 0.05) is 12.6 Å². The van der Waals surface area contributed by atoms with Crippen molar-refractivity contribution in [3.8, 4) is 5.75 Å². The van der Waals surface area contributed by atoms with Crippen molar-refractivity contribution >= 4 is 0 Å². The molecule has 0 aliphatic rings. The maximum atomic E-state index is 12.3. The molecule has 11 heavy (non-hydrogen) atoms. The van der Waals surface area contributed by atoms with Gasteiger partial charge in [-0.1, -0.05) is 0 Å². The predicted molar refractivity (Wildman–Crippen MR) is 39.8 cm³/mol. The smallest absolute Gasteiger partial charge is 0.127 e. The van der Waals surface area contributed by atoms with Crippen molar-refractivity contribution in [3.05, 3.63) is 30.1 Å². The first-order chi connectivity index (χ1) is 5.33. The summed E-state index contributed by atoms with van der Waals surface area (Å²) in [5.41, 5.74) is 5.19. The van der Waals surface area contributed by atoms with Gasteiger partial charge in [0.05, 0.1) is 0 Å². The molecule has 0 aliphatic heterocycles. The van der Waals surface area contributed by atoms with Gasteiger partial charge >= 0.3 is 0 Å². The normalized spacial score (nSPS) is 9.64. The molecule has 1 aromatic rings. The Bertz CT molecular complexity index is 210. The second-order valence-electron chi connectivity index (χ2n) is 2.01. The average molecular weight is 154 g/mol. The van der Waals surface area contributed by atoms with Gasteiger partial charge in [0.15, 0.2) is 0 Å². The second kappa shape index (κ2) is 3.93. The van der Waals surface area contributed by atoms with E-state index in [0.717, 1.165) is 0 Å². The molecule has 0 atom stereocenters. The van der Waals surface area contributed by atoms with E-state index < -0.39 is 0 Å². The zero-order valence-electron chi connectivity index (χ0n) is 6.01. The molecule has 3 heteroatoms. The van der Waals surface area contributed by atoms with Crippen LogP contribution in [-0.4, -0.2) is 13.2 Å². The molecule has 0 fully saturated rings. The van der Waals surface area contributed by atoms with Gasteiger partial charge in [-0.25, -0.2) is 4.39 Å². The molecule has 0 heterocycles. The van der Waals surface area contributed by atoms with E-state index in [1.165, 1.54) is 18.2 Å². The van der Waals surface area contributed by atoms with Crippen LogP contribution in [0.5, 0.6) is 5.75 Å². The summed E-state index contributed by atoms with van der Waals surface area (Å²) in [4.78, 5) is 0. The molecular formula is C8H9FNO. The average Bonchev–Trinajstić information content (AvgIpc) is 2.04. The Hall–Kier alpha value is -1.09. The van der Waals surface area contributed by atoms with E-state index >= 15 is 0 Å². The summed E-state index contributed by atoms with van der Waals surface area (Å²) >= 11 is 0. The second-order valence-corrected chi connectivity index (χ2v) is 2.01. The maximum absolute atomic E-state index is 12.3. The van der Waals surface area contributed by atoms with Crippen LogP contribution in [0.25, 0.3) is 0 Å². The summed E-state index contributed by atoms with van der Waals surface area (Å²) in [7, 11) is 0. The Morgan fingerprint density at radius 1 is 1.55 bits per heavy atom. The van der Waals surface area contributed by atoms with Crippen molar-refractivity contribution in [3.63, 3.8) is 0 Å². The highest BCUT2D eigenvalue weighted by Crippen LogP contribution is 2.09. The first-order valence-electron chi connectivity index (χ1n) is 3.33. The van der Waals surface area contributed by atoms with Crippen LogP contribution in [0.4, 0.5) is 4.39 Å². The van der Waals surface area contributed by atoms with Gasteiger partial charge in [-0.05, 0) is 18.2 Å². The quantitative estimate of drug-likeness (QED) is 0.703. The summed E-state index contributed by atoms with van der Waals surface area (Å²) in [6.45, 7) is 0.882. The number of hydrogen-bond donors (Lipinski definition) is 1. The van der Waals surface area contributed by atoms with E-state index in [9.17, 15) is 4.39 Å². The van der Waals surface area contributed by atoms with Crippen molar-refractivity contribution in [2.75, 3.05) is 13.2 Å². The van der Waals surface area contributed by atoms with Gasteiger partial charge in [-0.3, -0.25) is 0 Å². The van der Waals surface area contributed by atoms with Crippen LogP contribution in [0.2, 0.25) is 0 Å². The van der Waals surface area contributed by atoms with Crippen LogP contribution in [0.15, 0.2) is 18.2 Å². The Labute approximate surface area is 64.8 Å². The first-order valence-corrected chi connectivity index (χ1v) is 3.33. The summed E-state index contributed by atoms with van der Waals surface area (Å²) < 4.78 is 17.4. The third-order valence-corrected chi connectivity index (χ3v) is 1.12. The van der Waals surface area contributed by atoms with Gasteiger partial charge in [0.1, 0.15) is 18.2 Å². The van der Waals surface area contributed by atoms with Gasteiger partial charge < -0.3 is 10.5 Å². The SMILES string of the molecule is NCCOc1[c]cc(F)cc1. The van der Waals surface area contributed by atoms with Crippen molar-refractivity contribution in [1.82, 2.24) is 0 Å². The van der Waals surface area contributed by atoms with Gasteiger partial charge in [-0.15, -0.1) is 0 Å². The highest BCUT2D eigenvalue weighted by Gasteiger charge is 1.92. The minimum absolute atomic E-state index is 0.315. The molecular weight excluding hydrogens is 145 g/mol.